The smallest absolute Gasteiger partial charge is 0.423 e. The van der Waals surface area contributed by atoms with E-state index in [0.29, 0.717) is 12.6 Å². The lowest BCUT2D eigenvalue weighted by molar-refractivity contribution is 0.137. The van der Waals surface area contributed by atoms with Crippen LogP contribution in [-0.4, -0.2) is 28.8 Å². The highest BCUT2D eigenvalue weighted by atomic mass is 19.1. The second-order valence-corrected chi connectivity index (χ2v) is 3.23. The molecule has 1 aromatic carbocycles. The number of hydrogen-bond acceptors (Lipinski definition) is 4. The first-order valence-corrected chi connectivity index (χ1v) is 4.73. The van der Waals surface area contributed by atoms with Crippen LogP contribution in [0.4, 0.5) is 8.78 Å². The summed E-state index contributed by atoms with van der Waals surface area (Å²) in [5.74, 6) is -1.89. The standard InChI is InChI=1S/C9H12BF2NO3/c1-2-13-9(14)5-3-8(12)6(10(15)16)4-7(5)11/h3-4,9,13-16H,2H2,1H3. The van der Waals surface area contributed by atoms with Gasteiger partial charge in [-0.2, -0.15) is 0 Å². The summed E-state index contributed by atoms with van der Waals surface area (Å²) in [5.41, 5.74) is -0.839. The summed E-state index contributed by atoms with van der Waals surface area (Å²) < 4.78 is 26.6. The van der Waals surface area contributed by atoms with Crippen molar-refractivity contribution in [2.75, 3.05) is 6.54 Å². The molecule has 1 aromatic rings. The third-order valence-electron chi connectivity index (χ3n) is 2.09. The molecule has 16 heavy (non-hydrogen) atoms. The van der Waals surface area contributed by atoms with Gasteiger partial charge >= 0.3 is 7.12 Å². The highest BCUT2D eigenvalue weighted by Gasteiger charge is 2.21. The second kappa shape index (κ2) is 5.35. The molecule has 0 amide bonds. The van der Waals surface area contributed by atoms with Crippen LogP contribution in [-0.2, 0) is 0 Å². The number of aliphatic hydroxyl groups is 1. The highest BCUT2D eigenvalue weighted by molar-refractivity contribution is 6.58. The molecular weight excluding hydrogens is 219 g/mol. The first-order valence-electron chi connectivity index (χ1n) is 4.73. The van der Waals surface area contributed by atoms with Gasteiger partial charge < -0.3 is 15.2 Å². The van der Waals surface area contributed by atoms with E-state index in [1.807, 2.05) is 0 Å². The highest BCUT2D eigenvalue weighted by Crippen LogP contribution is 2.15. The summed E-state index contributed by atoms with van der Waals surface area (Å²) in [6, 6.07) is 1.38. The number of benzene rings is 1. The van der Waals surface area contributed by atoms with Crippen LogP contribution in [0.1, 0.15) is 18.7 Å². The number of rotatable bonds is 4. The van der Waals surface area contributed by atoms with Crippen molar-refractivity contribution in [1.82, 2.24) is 5.32 Å². The van der Waals surface area contributed by atoms with Gasteiger partial charge in [0.2, 0.25) is 0 Å². The van der Waals surface area contributed by atoms with Crippen LogP contribution in [0.3, 0.4) is 0 Å². The summed E-state index contributed by atoms with van der Waals surface area (Å²) in [6.07, 6.45) is -1.33. The van der Waals surface area contributed by atoms with E-state index < -0.39 is 30.4 Å². The van der Waals surface area contributed by atoms with E-state index in [1.165, 1.54) is 0 Å². The van der Waals surface area contributed by atoms with Crippen LogP contribution in [0, 0.1) is 11.6 Å². The van der Waals surface area contributed by atoms with E-state index in [2.05, 4.69) is 5.32 Å². The minimum absolute atomic E-state index is 0.274. The maximum Gasteiger partial charge on any atom is 0.491 e. The van der Waals surface area contributed by atoms with Crippen molar-refractivity contribution in [1.29, 1.82) is 0 Å². The van der Waals surface area contributed by atoms with Crippen LogP contribution in [0.25, 0.3) is 0 Å². The Morgan fingerprint density at radius 3 is 2.44 bits per heavy atom. The fourth-order valence-corrected chi connectivity index (χ4v) is 1.29. The Bertz CT molecular complexity index is 376. The number of hydrogen-bond donors (Lipinski definition) is 4. The molecule has 0 fully saturated rings. The lowest BCUT2D eigenvalue weighted by atomic mass is 9.79. The first kappa shape index (κ1) is 13.1. The number of nitrogens with one attached hydrogen (secondary N) is 1. The van der Waals surface area contributed by atoms with Crippen molar-refractivity contribution < 1.29 is 23.9 Å². The van der Waals surface area contributed by atoms with Crippen LogP contribution < -0.4 is 10.8 Å². The zero-order valence-corrected chi connectivity index (χ0v) is 8.61. The molecule has 7 heteroatoms. The molecule has 0 heterocycles. The Kier molecular flexibility index (Phi) is 4.37. The zero-order valence-electron chi connectivity index (χ0n) is 8.61. The molecule has 0 aromatic heterocycles. The lowest BCUT2D eigenvalue weighted by Gasteiger charge is -2.14. The van der Waals surface area contributed by atoms with Crippen molar-refractivity contribution >= 4 is 12.6 Å². The third kappa shape index (κ3) is 2.76. The average molecular weight is 231 g/mol. The van der Waals surface area contributed by atoms with E-state index >= 15 is 0 Å². The van der Waals surface area contributed by atoms with Crippen LogP contribution in [0.15, 0.2) is 12.1 Å². The quantitative estimate of drug-likeness (QED) is 0.406. The topological polar surface area (TPSA) is 72.7 Å². The summed E-state index contributed by atoms with van der Waals surface area (Å²) in [4.78, 5) is 0. The predicted octanol–water partition coefficient (Wildman–Crippen LogP) is -0.755. The Balaban J connectivity index is 3.10. The molecule has 0 aliphatic rings. The Hall–Kier alpha value is -1.02. The summed E-state index contributed by atoms with van der Waals surface area (Å²) in [5, 5.41) is 29.4. The molecule has 0 aliphatic heterocycles. The summed E-state index contributed by atoms with van der Waals surface area (Å²) >= 11 is 0. The van der Waals surface area contributed by atoms with Crippen LogP contribution >= 0.6 is 0 Å². The van der Waals surface area contributed by atoms with Crippen LogP contribution in [0.2, 0.25) is 0 Å². The molecule has 1 unspecified atom stereocenters. The van der Waals surface area contributed by atoms with Gasteiger partial charge in [0.1, 0.15) is 17.9 Å². The van der Waals surface area contributed by atoms with E-state index in [9.17, 15) is 13.9 Å². The molecule has 1 rings (SSSR count). The second-order valence-electron chi connectivity index (χ2n) is 3.23. The Morgan fingerprint density at radius 1 is 1.31 bits per heavy atom. The van der Waals surface area contributed by atoms with Gasteiger partial charge in [0.05, 0.1) is 0 Å². The maximum absolute atomic E-state index is 13.4. The van der Waals surface area contributed by atoms with Crippen molar-refractivity contribution in [2.45, 2.75) is 13.2 Å². The van der Waals surface area contributed by atoms with Gasteiger partial charge in [-0.3, -0.25) is 5.32 Å². The fourth-order valence-electron chi connectivity index (χ4n) is 1.29. The van der Waals surface area contributed by atoms with Gasteiger partial charge in [-0.25, -0.2) is 8.78 Å². The van der Waals surface area contributed by atoms with Crippen LogP contribution in [0.5, 0.6) is 0 Å². The minimum atomic E-state index is -2.08. The van der Waals surface area contributed by atoms with E-state index in [-0.39, 0.29) is 5.56 Å². The molecular formula is C9H12BF2NO3. The molecule has 1 atom stereocenters. The average Bonchev–Trinajstić information content (AvgIpc) is 2.20. The number of halogens is 2. The van der Waals surface area contributed by atoms with Crippen molar-refractivity contribution in [3.05, 3.63) is 29.3 Å². The summed E-state index contributed by atoms with van der Waals surface area (Å²) in [7, 11) is -2.08. The van der Waals surface area contributed by atoms with Crippen molar-refractivity contribution in [2.24, 2.45) is 0 Å². The normalized spacial score (nSPS) is 12.6. The summed E-state index contributed by atoms with van der Waals surface area (Å²) in [6.45, 7) is 2.08. The van der Waals surface area contributed by atoms with Gasteiger partial charge in [0, 0.05) is 11.0 Å². The third-order valence-corrected chi connectivity index (χ3v) is 2.09. The van der Waals surface area contributed by atoms with Gasteiger partial charge in [-0.15, -0.1) is 0 Å². The number of aliphatic hydroxyl groups excluding tert-OH is 1. The minimum Gasteiger partial charge on any atom is -0.423 e. The van der Waals surface area contributed by atoms with E-state index in [0.717, 1.165) is 6.07 Å². The zero-order chi connectivity index (χ0) is 12.3. The molecule has 0 aliphatic carbocycles. The fraction of sp³-hybridized carbons (Fsp3) is 0.333. The Morgan fingerprint density at radius 2 is 1.94 bits per heavy atom. The molecule has 0 radical (unpaired) electrons. The molecule has 0 saturated carbocycles. The van der Waals surface area contributed by atoms with E-state index in [1.54, 1.807) is 6.92 Å². The maximum atomic E-state index is 13.4. The van der Waals surface area contributed by atoms with Crippen molar-refractivity contribution in [3.8, 4) is 0 Å². The largest absolute Gasteiger partial charge is 0.491 e. The predicted molar refractivity (Wildman–Crippen MR) is 54.8 cm³/mol. The first-order chi connectivity index (χ1) is 7.47. The Labute approximate surface area is 91.7 Å². The lowest BCUT2D eigenvalue weighted by Crippen LogP contribution is -2.34. The molecule has 0 bridgehead atoms. The van der Waals surface area contributed by atoms with Gasteiger partial charge in [0.25, 0.3) is 0 Å². The van der Waals surface area contributed by atoms with Gasteiger partial charge in [-0.05, 0) is 18.7 Å². The molecule has 0 saturated heterocycles. The van der Waals surface area contributed by atoms with Gasteiger partial charge in [0.15, 0.2) is 0 Å². The molecule has 4 N–H and O–H groups in total. The SMILES string of the molecule is CCNC(O)c1cc(F)c(B(O)O)cc1F. The van der Waals surface area contributed by atoms with Crippen molar-refractivity contribution in [3.63, 3.8) is 0 Å². The molecule has 4 nitrogen and oxygen atoms in total. The van der Waals surface area contributed by atoms with E-state index in [4.69, 9.17) is 10.0 Å². The molecule has 88 valence electrons. The van der Waals surface area contributed by atoms with Gasteiger partial charge in [-0.1, -0.05) is 6.92 Å². The monoisotopic (exact) mass is 231 g/mol. The molecule has 0 spiro atoms.